The number of phenols is 1. The Hall–Kier alpha value is -3.15. The highest BCUT2D eigenvalue weighted by Crippen LogP contribution is 2.30. The highest BCUT2D eigenvalue weighted by molar-refractivity contribution is 5.90. The van der Waals surface area contributed by atoms with Gasteiger partial charge in [0.2, 0.25) is 5.91 Å². The van der Waals surface area contributed by atoms with E-state index in [4.69, 9.17) is 0 Å². The van der Waals surface area contributed by atoms with Crippen LogP contribution < -0.4 is 5.43 Å². The van der Waals surface area contributed by atoms with E-state index in [0.29, 0.717) is 6.42 Å². The van der Waals surface area contributed by atoms with Crippen molar-refractivity contribution in [3.8, 4) is 17.1 Å². The molecule has 1 unspecified atom stereocenters. The molecule has 1 amide bonds. The molecule has 3 N–H and O–H groups in total. The van der Waals surface area contributed by atoms with Crippen molar-refractivity contribution in [2.75, 3.05) is 0 Å². The number of hydrogen-bond acceptors (Lipinski definition) is 4. The summed E-state index contributed by atoms with van der Waals surface area (Å²) in [5, 5.41) is 13.4. The molecule has 0 spiro atoms. The van der Waals surface area contributed by atoms with E-state index in [-0.39, 0.29) is 11.7 Å². The van der Waals surface area contributed by atoms with Crippen LogP contribution in [0.3, 0.4) is 0 Å². The fourth-order valence-corrected chi connectivity index (χ4v) is 2.96. The number of nitrogens with one attached hydrogen (secondary N) is 2. The number of aromatic hydroxyl groups is 1. The summed E-state index contributed by atoms with van der Waals surface area (Å²) in [7, 11) is 0. The van der Waals surface area contributed by atoms with Crippen LogP contribution in [0.5, 0.6) is 5.75 Å². The van der Waals surface area contributed by atoms with Gasteiger partial charge < -0.3 is 10.1 Å². The first-order valence-corrected chi connectivity index (χ1v) is 7.66. The Balaban J connectivity index is 1.76. The van der Waals surface area contributed by atoms with Crippen LogP contribution in [0.2, 0.25) is 0 Å². The molecule has 0 aliphatic carbocycles. The van der Waals surface area contributed by atoms with Gasteiger partial charge in [-0.2, -0.15) is 5.10 Å². The highest BCUT2D eigenvalue weighted by Gasteiger charge is 2.31. The monoisotopic (exact) mass is 320 g/mol. The lowest BCUT2D eigenvalue weighted by Gasteiger charge is -2.27. The topological polar surface area (TPSA) is 90.4 Å². The third-order valence-electron chi connectivity index (χ3n) is 4.35. The van der Waals surface area contributed by atoms with Crippen molar-refractivity contribution in [1.82, 2.24) is 15.4 Å². The van der Waals surface area contributed by atoms with E-state index in [1.165, 1.54) is 0 Å². The lowest BCUT2D eigenvalue weighted by Crippen LogP contribution is -2.37. The number of imidazole rings is 1. The molecular weight excluding hydrogens is 304 g/mol. The van der Waals surface area contributed by atoms with Crippen LogP contribution in [0.15, 0.2) is 47.6 Å². The van der Waals surface area contributed by atoms with Crippen LogP contribution in [0.25, 0.3) is 22.4 Å². The summed E-state index contributed by atoms with van der Waals surface area (Å²) in [5.41, 5.74) is 5.69. The molecule has 4 rings (SSSR count). The first kappa shape index (κ1) is 14.4. The molecule has 0 fully saturated rings. The lowest BCUT2D eigenvalue weighted by atomic mass is 9.79. The fourth-order valence-electron chi connectivity index (χ4n) is 2.96. The van der Waals surface area contributed by atoms with E-state index in [2.05, 4.69) is 20.5 Å². The molecule has 3 aromatic rings. The number of nitrogens with zero attached hydrogens (tertiary/aromatic N) is 2. The number of aromatic amines is 1. The summed E-state index contributed by atoms with van der Waals surface area (Å²) in [5.74, 6) is 0.872. The highest BCUT2D eigenvalue weighted by atomic mass is 16.3. The van der Waals surface area contributed by atoms with E-state index < -0.39 is 5.41 Å². The van der Waals surface area contributed by atoms with E-state index in [1.807, 2.05) is 37.3 Å². The van der Waals surface area contributed by atoms with Crippen LogP contribution in [-0.2, 0) is 10.2 Å². The van der Waals surface area contributed by atoms with E-state index >= 15 is 0 Å². The van der Waals surface area contributed by atoms with Gasteiger partial charge in [0.1, 0.15) is 11.6 Å². The van der Waals surface area contributed by atoms with Crippen molar-refractivity contribution in [2.24, 2.45) is 5.10 Å². The van der Waals surface area contributed by atoms with Gasteiger partial charge in [-0.15, -0.1) is 0 Å². The van der Waals surface area contributed by atoms with Crippen LogP contribution in [0, 0.1) is 0 Å². The third kappa shape index (κ3) is 2.42. The maximum absolute atomic E-state index is 11.7. The number of rotatable bonds is 2. The molecule has 0 radical (unpaired) electrons. The molecule has 2 aromatic carbocycles. The van der Waals surface area contributed by atoms with Crippen molar-refractivity contribution in [3.63, 3.8) is 0 Å². The second-order valence-electron chi connectivity index (χ2n) is 6.25. The molecule has 1 aliphatic rings. The number of carbonyl (C=O) groups excluding carboxylic acids is 1. The van der Waals surface area contributed by atoms with Gasteiger partial charge in [-0.05, 0) is 48.9 Å². The first-order valence-electron chi connectivity index (χ1n) is 7.66. The van der Waals surface area contributed by atoms with Gasteiger partial charge in [-0.1, -0.05) is 6.07 Å². The van der Waals surface area contributed by atoms with E-state index in [9.17, 15) is 9.90 Å². The summed E-state index contributed by atoms with van der Waals surface area (Å²) in [6, 6.07) is 12.8. The zero-order valence-electron chi connectivity index (χ0n) is 13.1. The molecule has 6 nitrogen and oxygen atoms in total. The minimum atomic E-state index is -0.430. The lowest BCUT2D eigenvalue weighted by molar-refractivity contribution is -0.122. The van der Waals surface area contributed by atoms with Crippen molar-refractivity contribution in [1.29, 1.82) is 0 Å². The Labute approximate surface area is 138 Å². The number of hydrogen-bond donors (Lipinski definition) is 3. The first-order chi connectivity index (χ1) is 11.5. The van der Waals surface area contributed by atoms with Crippen molar-refractivity contribution in [2.45, 2.75) is 18.8 Å². The fraction of sp³-hybridized carbons (Fsp3) is 0.167. The Morgan fingerprint density at radius 3 is 2.71 bits per heavy atom. The van der Waals surface area contributed by atoms with E-state index in [1.54, 1.807) is 18.3 Å². The number of phenolic OH excluding ortho intramolecular Hbond substituents is 1. The van der Waals surface area contributed by atoms with Gasteiger partial charge in [-0.25, -0.2) is 10.4 Å². The largest absolute Gasteiger partial charge is 0.508 e. The molecule has 0 bridgehead atoms. The van der Waals surface area contributed by atoms with Crippen molar-refractivity contribution in [3.05, 3.63) is 48.0 Å². The molecule has 2 heterocycles. The number of hydrazone groups is 1. The SMILES string of the molecule is CC1(c2ccc3nc(-c4ccc(O)cc4)[nH]c3c2)C=NNC(=O)C1. The van der Waals surface area contributed by atoms with Crippen LogP contribution in [0.4, 0.5) is 0 Å². The molecule has 6 heteroatoms. The second kappa shape index (κ2) is 5.19. The van der Waals surface area contributed by atoms with Crippen molar-refractivity contribution < 1.29 is 9.90 Å². The molecule has 0 saturated heterocycles. The molecule has 0 saturated carbocycles. The van der Waals surface area contributed by atoms with Crippen molar-refractivity contribution >= 4 is 23.2 Å². The Morgan fingerprint density at radius 1 is 1.17 bits per heavy atom. The average molecular weight is 320 g/mol. The van der Waals surface area contributed by atoms with Gasteiger partial charge in [-0.3, -0.25) is 4.79 Å². The van der Waals surface area contributed by atoms with Gasteiger partial charge in [0, 0.05) is 23.6 Å². The van der Waals surface area contributed by atoms with Gasteiger partial charge in [0.05, 0.1) is 11.0 Å². The number of H-pyrrole nitrogens is 1. The minimum absolute atomic E-state index is 0.0884. The summed E-state index contributed by atoms with van der Waals surface area (Å²) < 4.78 is 0. The summed E-state index contributed by atoms with van der Waals surface area (Å²) in [4.78, 5) is 19.6. The van der Waals surface area contributed by atoms with Crippen LogP contribution in [0.1, 0.15) is 18.9 Å². The molecule has 1 aromatic heterocycles. The number of carbonyl (C=O) groups is 1. The zero-order valence-corrected chi connectivity index (χ0v) is 13.1. The molecular formula is C18H16N4O2. The number of benzene rings is 2. The third-order valence-corrected chi connectivity index (χ3v) is 4.35. The number of aromatic nitrogens is 2. The quantitative estimate of drug-likeness (QED) is 0.678. The molecule has 1 aliphatic heterocycles. The second-order valence-corrected chi connectivity index (χ2v) is 6.25. The summed E-state index contributed by atoms with van der Waals surface area (Å²) >= 11 is 0. The van der Waals surface area contributed by atoms with Crippen LogP contribution in [-0.4, -0.2) is 27.2 Å². The standard InChI is InChI=1S/C18H16N4O2/c1-18(9-16(24)22-19-10-18)12-4-7-14-15(8-12)21-17(20-14)11-2-5-13(23)6-3-11/h2-8,10,23H,9H2,1H3,(H,20,21)(H,22,24). The maximum Gasteiger partial charge on any atom is 0.241 e. The van der Waals surface area contributed by atoms with Gasteiger partial charge in [0.15, 0.2) is 0 Å². The summed E-state index contributed by atoms with van der Waals surface area (Å²) in [6.45, 7) is 1.99. The average Bonchev–Trinajstić information content (AvgIpc) is 2.98. The molecule has 24 heavy (non-hydrogen) atoms. The minimum Gasteiger partial charge on any atom is -0.508 e. The Kier molecular flexibility index (Phi) is 3.13. The zero-order chi connectivity index (χ0) is 16.7. The molecule has 120 valence electrons. The van der Waals surface area contributed by atoms with Gasteiger partial charge in [0.25, 0.3) is 0 Å². The molecule has 1 atom stereocenters. The summed E-state index contributed by atoms with van der Waals surface area (Å²) in [6.07, 6.45) is 2.13. The predicted octanol–water partition coefficient (Wildman–Crippen LogP) is 2.70. The maximum atomic E-state index is 11.7. The number of amides is 1. The number of fused-ring (bicyclic) bond motifs is 1. The van der Waals surface area contributed by atoms with Crippen LogP contribution >= 0.6 is 0 Å². The van der Waals surface area contributed by atoms with Gasteiger partial charge >= 0.3 is 0 Å². The Morgan fingerprint density at radius 2 is 1.96 bits per heavy atom. The predicted molar refractivity (Wildman–Crippen MR) is 91.8 cm³/mol. The normalized spacial score (nSPS) is 20.3. The smallest absolute Gasteiger partial charge is 0.241 e. The van der Waals surface area contributed by atoms with E-state index in [0.717, 1.165) is 28.0 Å². The Bertz CT molecular complexity index is 959.